The SMILES string of the molecule is CN1C2CCC1CC(NC(=O)C1=NN=C3CC=C(c4cccs4)C=C31)C2. The van der Waals surface area contributed by atoms with Gasteiger partial charge in [0.25, 0.3) is 5.91 Å². The predicted molar refractivity (Wildman–Crippen MR) is 106 cm³/mol. The molecule has 2 fully saturated rings. The standard InChI is InChI=1S/C20H22N4OS/c1-24-14-5-6-15(24)11-13(10-14)21-20(25)19-16-9-12(18-3-2-8-26-18)4-7-17(16)22-23-19/h2-4,8-9,13-15H,5-7,10-11H2,1H3,(H,21,25). The number of fused-ring (bicyclic) bond motifs is 3. The Morgan fingerprint density at radius 1 is 1.27 bits per heavy atom. The molecule has 1 aromatic heterocycles. The molecule has 0 aromatic carbocycles. The van der Waals surface area contributed by atoms with Crippen molar-refractivity contribution in [3.63, 3.8) is 0 Å². The summed E-state index contributed by atoms with van der Waals surface area (Å²) in [6.07, 6.45) is 9.55. The molecular formula is C20H22N4OS. The van der Waals surface area contributed by atoms with Crippen molar-refractivity contribution in [2.75, 3.05) is 7.05 Å². The molecule has 2 saturated heterocycles. The summed E-state index contributed by atoms with van der Waals surface area (Å²) in [5.74, 6) is -0.0728. The molecule has 5 nitrogen and oxygen atoms in total. The molecule has 1 aromatic rings. The van der Waals surface area contributed by atoms with Gasteiger partial charge in [-0.25, -0.2) is 0 Å². The summed E-state index contributed by atoms with van der Waals surface area (Å²) in [6, 6.07) is 5.63. The maximum Gasteiger partial charge on any atom is 0.272 e. The number of piperidine rings is 1. The molecule has 1 N–H and O–H groups in total. The quantitative estimate of drug-likeness (QED) is 0.894. The fraction of sp³-hybridized carbons (Fsp3) is 0.450. The topological polar surface area (TPSA) is 57.1 Å². The van der Waals surface area contributed by atoms with Gasteiger partial charge in [-0.05, 0) is 55.8 Å². The molecule has 4 heterocycles. The zero-order valence-electron chi connectivity index (χ0n) is 14.8. The fourth-order valence-electron chi connectivity index (χ4n) is 4.64. The Hall–Kier alpha value is -2.05. The molecule has 6 heteroatoms. The van der Waals surface area contributed by atoms with Gasteiger partial charge in [0.1, 0.15) is 0 Å². The van der Waals surface area contributed by atoms with Gasteiger partial charge in [-0.2, -0.15) is 5.10 Å². The first-order chi connectivity index (χ1) is 12.7. The van der Waals surface area contributed by atoms with Crippen molar-refractivity contribution in [1.29, 1.82) is 0 Å². The monoisotopic (exact) mass is 366 g/mol. The van der Waals surface area contributed by atoms with Crippen LogP contribution in [0.4, 0.5) is 0 Å². The van der Waals surface area contributed by atoms with E-state index in [1.54, 1.807) is 11.3 Å². The number of carbonyl (C=O) groups excluding carboxylic acids is 1. The summed E-state index contributed by atoms with van der Waals surface area (Å²) in [5, 5.41) is 13.8. The lowest BCUT2D eigenvalue weighted by molar-refractivity contribution is -0.115. The highest BCUT2D eigenvalue weighted by atomic mass is 32.1. The van der Waals surface area contributed by atoms with Gasteiger partial charge in [0.15, 0.2) is 5.71 Å². The Labute approximate surface area is 157 Å². The molecular weight excluding hydrogens is 344 g/mol. The van der Waals surface area contributed by atoms with Crippen molar-refractivity contribution in [1.82, 2.24) is 10.2 Å². The maximum atomic E-state index is 12.9. The third-order valence-electron chi connectivity index (χ3n) is 6.11. The van der Waals surface area contributed by atoms with E-state index in [1.807, 2.05) is 6.07 Å². The molecule has 4 aliphatic rings. The summed E-state index contributed by atoms with van der Waals surface area (Å²) >= 11 is 1.71. The molecule has 5 rings (SSSR count). The molecule has 0 spiro atoms. The van der Waals surface area contributed by atoms with Crippen LogP contribution >= 0.6 is 11.3 Å². The lowest BCUT2D eigenvalue weighted by atomic mass is 9.93. The van der Waals surface area contributed by atoms with Crippen LogP contribution in [0.15, 0.2) is 45.4 Å². The van der Waals surface area contributed by atoms with Crippen molar-refractivity contribution in [2.24, 2.45) is 10.2 Å². The van der Waals surface area contributed by atoms with Crippen LogP contribution in [0.1, 0.15) is 37.0 Å². The number of carbonyl (C=O) groups is 1. The molecule has 3 aliphatic heterocycles. The predicted octanol–water partition coefficient (Wildman–Crippen LogP) is 3.01. The van der Waals surface area contributed by atoms with Crippen LogP contribution in [-0.2, 0) is 4.79 Å². The number of allylic oxidation sites excluding steroid dienone is 3. The van der Waals surface area contributed by atoms with Crippen molar-refractivity contribution >= 4 is 34.2 Å². The number of nitrogens with one attached hydrogen (secondary N) is 1. The van der Waals surface area contributed by atoms with Gasteiger partial charge >= 0.3 is 0 Å². The molecule has 2 atom stereocenters. The average molecular weight is 366 g/mol. The van der Waals surface area contributed by atoms with Crippen LogP contribution in [0, 0.1) is 0 Å². The number of amides is 1. The molecule has 26 heavy (non-hydrogen) atoms. The number of thiophene rings is 1. The first kappa shape index (κ1) is 16.1. The van der Waals surface area contributed by atoms with Gasteiger partial charge < -0.3 is 10.2 Å². The minimum Gasteiger partial charge on any atom is -0.348 e. The zero-order valence-corrected chi connectivity index (χ0v) is 15.6. The third-order valence-corrected chi connectivity index (χ3v) is 7.03. The van der Waals surface area contributed by atoms with E-state index >= 15 is 0 Å². The highest BCUT2D eigenvalue weighted by Crippen LogP contribution is 2.34. The minimum atomic E-state index is -0.0728. The van der Waals surface area contributed by atoms with Gasteiger partial charge in [-0.3, -0.25) is 4.79 Å². The van der Waals surface area contributed by atoms with Crippen LogP contribution < -0.4 is 5.32 Å². The van der Waals surface area contributed by atoms with Crippen LogP contribution in [-0.4, -0.2) is 47.4 Å². The summed E-state index contributed by atoms with van der Waals surface area (Å²) in [5.41, 5.74) is 3.44. The summed E-state index contributed by atoms with van der Waals surface area (Å²) in [7, 11) is 2.22. The van der Waals surface area contributed by atoms with E-state index in [0.29, 0.717) is 17.8 Å². The zero-order chi connectivity index (χ0) is 17.7. The van der Waals surface area contributed by atoms with Gasteiger partial charge in [-0.1, -0.05) is 12.1 Å². The fourth-order valence-corrected chi connectivity index (χ4v) is 5.38. The van der Waals surface area contributed by atoms with Crippen LogP contribution in [0.2, 0.25) is 0 Å². The highest BCUT2D eigenvalue weighted by Gasteiger charge is 2.39. The van der Waals surface area contributed by atoms with Crippen molar-refractivity contribution in [3.8, 4) is 0 Å². The Bertz CT molecular complexity index is 850. The Morgan fingerprint density at radius 2 is 2.08 bits per heavy atom. The smallest absolute Gasteiger partial charge is 0.272 e. The second-order valence-corrected chi connectivity index (χ2v) is 8.53. The molecule has 1 amide bonds. The molecule has 2 unspecified atom stereocenters. The van der Waals surface area contributed by atoms with Gasteiger partial charge in [-0.15, -0.1) is 16.4 Å². The Balaban J connectivity index is 1.31. The number of nitrogens with zero attached hydrogens (tertiary/aromatic N) is 3. The second-order valence-electron chi connectivity index (χ2n) is 7.59. The molecule has 134 valence electrons. The average Bonchev–Trinajstić information content (AvgIpc) is 3.34. The second kappa shape index (κ2) is 6.28. The summed E-state index contributed by atoms with van der Waals surface area (Å²) in [6.45, 7) is 0. The van der Waals surface area contributed by atoms with Crippen molar-refractivity contribution in [3.05, 3.63) is 40.1 Å². The minimum absolute atomic E-state index is 0.0728. The van der Waals surface area contributed by atoms with Crippen LogP contribution in [0.5, 0.6) is 0 Å². The Morgan fingerprint density at radius 3 is 2.81 bits per heavy atom. The van der Waals surface area contributed by atoms with E-state index in [2.05, 4.69) is 51.1 Å². The van der Waals surface area contributed by atoms with E-state index in [0.717, 1.165) is 36.1 Å². The summed E-state index contributed by atoms with van der Waals surface area (Å²) in [4.78, 5) is 16.6. The van der Waals surface area contributed by atoms with E-state index < -0.39 is 0 Å². The third kappa shape index (κ3) is 2.68. The van der Waals surface area contributed by atoms with Crippen molar-refractivity contribution in [2.45, 2.75) is 50.2 Å². The van der Waals surface area contributed by atoms with Crippen LogP contribution in [0.25, 0.3) is 5.57 Å². The van der Waals surface area contributed by atoms with Gasteiger partial charge in [0, 0.05) is 35.0 Å². The number of hydrogen-bond donors (Lipinski definition) is 1. The first-order valence-electron chi connectivity index (χ1n) is 9.33. The molecule has 0 saturated carbocycles. The maximum absolute atomic E-state index is 12.9. The lowest BCUT2D eigenvalue weighted by Crippen LogP contribution is -2.50. The van der Waals surface area contributed by atoms with Gasteiger partial charge in [0.2, 0.25) is 0 Å². The van der Waals surface area contributed by atoms with E-state index in [-0.39, 0.29) is 11.9 Å². The normalized spacial score (nSPS) is 30.3. The van der Waals surface area contributed by atoms with Crippen LogP contribution in [0.3, 0.4) is 0 Å². The Kier molecular flexibility index (Phi) is 3.90. The lowest BCUT2D eigenvalue weighted by Gasteiger charge is -2.36. The molecule has 2 bridgehead atoms. The van der Waals surface area contributed by atoms with Crippen molar-refractivity contribution < 1.29 is 4.79 Å². The molecule has 1 aliphatic carbocycles. The number of rotatable bonds is 3. The number of hydrogen-bond acceptors (Lipinski definition) is 5. The largest absolute Gasteiger partial charge is 0.348 e. The summed E-state index contributed by atoms with van der Waals surface area (Å²) < 4.78 is 0. The highest BCUT2D eigenvalue weighted by molar-refractivity contribution is 7.11. The first-order valence-corrected chi connectivity index (χ1v) is 10.2. The van der Waals surface area contributed by atoms with E-state index in [4.69, 9.17) is 0 Å². The van der Waals surface area contributed by atoms with E-state index in [9.17, 15) is 4.79 Å². The van der Waals surface area contributed by atoms with Gasteiger partial charge in [0.05, 0.1) is 5.71 Å². The molecule has 0 radical (unpaired) electrons. The van der Waals surface area contributed by atoms with E-state index in [1.165, 1.54) is 17.7 Å².